The van der Waals surface area contributed by atoms with Crippen LogP contribution in [0.25, 0.3) is 0 Å². The minimum atomic E-state index is 0.680. The predicted octanol–water partition coefficient (Wildman–Crippen LogP) is 4.03. The van der Waals surface area contributed by atoms with Gasteiger partial charge in [0.2, 0.25) is 0 Å². The Kier molecular flexibility index (Phi) is 4.61. The van der Waals surface area contributed by atoms with Crippen molar-refractivity contribution in [3.63, 3.8) is 0 Å². The molecule has 0 heterocycles. The number of aryl methyl sites for hydroxylation is 1. The second kappa shape index (κ2) is 6.22. The van der Waals surface area contributed by atoms with Crippen molar-refractivity contribution in [3.05, 3.63) is 58.1 Å². The Morgan fingerprint density at radius 3 is 2.47 bits per heavy atom. The van der Waals surface area contributed by atoms with E-state index >= 15 is 0 Å². The number of hydrogen-bond acceptors (Lipinski definition) is 2. The number of halogens is 1. The third-order valence-electron chi connectivity index (χ3n) is 3.28. The lowest BCUT2D eigenvalue weighted by Gasteiger charge is -2.23. The number of rotatable bonds is 4. The topological polar surface area (TPSA) is 29.3 Å². The first-order valence-electron chi connectivity index (χ1n) is 6.41. The van der Waals surface area contributed by atoms with Crippen LogP contribution in [0.1, 0.15) is 11.1 Å². The molecule has 0 aromatic heterocycles. The summed E-state index contributed by atoms with van der Waals surface area (Å²) in [5.74, 6) is 0. The van der Waals surface area contributed by atoms with Crippen molar-refractivity contribution in [2.24, 2.45) is 5.73 Å². The molecule has 100 valence electrons. The van der Waals surface area contributed by atoms with Crippen molar-refractivity contribution in [3.8, 4) is 0 Å². The number of para-hydroxylation sites is 1. The van der Waals surface area contributed by atoms with E-state index in [1.54, 1.807) is 0 Å². The van der Waals surface area contributed by atoms with E-state index in [4.69, 9.17) is 5.73 Å². The summed E-state index contributed by atoms with van der Waals surface area (Å²) in [4.78, 5) is 2.20. The van der Waals surface area contributed by atoms with Crippen molar-refractivity contribution in [2.45, 2.75) is 13.3 Å². The van der Waals surface area contributed by atoms with Crippen LogP contribution in [-0.2, 0) is 6.42 Å². The second-order valence-electron chi connectivity index (χ2n) is 4.67. The predicted molar refractivity (Wildman–Crippen MR) is 86.1 cm³/mol. The van der Waals surface area contributed by atoms with Gasteiger partial charge in [0.05, 0.1) is 5.69 Å². The summed E-state index contributed by atoms with van der Waals surface area (Å²) in [5, 5.41) is 0. The smallest absolute Gasteiger partial charge is 0.0552 e. The molecule has 19 heavy (non-hydrogen) atoms. The minimum absolute atomic E-state index is 0.680. The van der Waals surface area contributed by atoms with Gasteiger partial charge in [0.15, 0.2) is 0 Å². The van der Waals surface area contributed by atoms with Gasteiger partial charge in [-0.05, 0) is 65.1 Å². The van der Waals surface area contributed by atoms with Crippen LogP contribution in [0.3, 0.4) is 0 Å². The normalized spacial score (nSPS) is 10.5. The number of hydrogen-bond donors (Lipinski definition) is 1. The lowest BCUT2D eigenvalue weighted by molar-refractivity contribution is 0.967. The van der Waals surface area contributed by atoms with Gasteiger partial charge in [-0.25, -0.2) is 0 Å². The lowest BCUT2D eigenvalue weighted by Crippen LogP contribution is -2.11. The monoisotopic (exact) mass is 318 g/mol. The molecule has 2 aromatic carbocycles. The van der Waals surface area contributed by atoms with E-state index in [9.17, 15) is 0 Å². The molecule has 2 N–H and O–H groups in total. The average molecular weight is 319 g/mol. The maximum Gasteiger partial charge on any atom is 0.0552 e. The van der Waals surface area contributed by atoms with E-state index in [0.29, 0.717) is 6.54 Å². The largest absolute Gasteiger partial charge is 0.343 e. The van der Waals surface area contributed by atoms with E-state index in [0.717, 1.165) is 16.6 Å². The summed E-state index contributed by atoms with van der Waals surface area (Å²) >= 11 is 3.66. The fourth-order valence-corrected chi connectivity index (χ4v) is 2.91. The molecule has 0 aliphatic heterocycles. The number of nitrogens with two attached hydrogens (primary N) is 1. The Hall–Kier alpha value is -1.32. The van der Waals surface area contributed by atoms with Crippen molar-refractivity contribution in [2.75, 3.05) is 18.5 Å². The highest BCUT2D eigenvalue weighted by atomic mass is 79.9. The van der Waals surface area contributed by atoms with Gasteiger partial charge < -0.3 is 10.6 Å². The van der Waals surface area contributed by atoms with Crippen LogP contribution < -0.4 is 10.6 Å². The summed E-state index contributed by atoms with van der Waals surface area (Å²) in [5.41, 5.74) is 10.5. The quantitative estimate of drug-likeness (QED) is 0.922. The van der Waals surface area contributed by atoms with E-state index < -0.39 is 0 Å². The zero-order valence-corrected chi connectivity index (χ0v) is 12.9. The van der Waals surface area contributed by atoms with Crippen molar-refractivity contribution < 1.29 is 0 Å². The number of anilines is 2. The fourth-order valence-electron chi connectivity index (χ4n) is 2.21. The van der Waals surface area contributed by atoms with E-state index in [2.05, 4.69) is 77.3 Å². The second-order valence-corrected chi connectivity index (χ2v) is 5.52. The zero-order chi connectivity index (χ0) is 13.8. The van der Waals surface area contributed by atoms with Gasteiger partial charge in [-0.15, -0.1) is 0 Å². The Morgan fingerprint density at radius 2 is 1.84 bits per heavy atom. The molecule has 0 bridgehead atoms. The first-order valence-corrected chi connectivity index (χ1v) is 7.20. The Balaban J connectivity index is 2.34. The summed E-state index contributed by atoms with van der Waals surface area (Å²) in [7, 11) is 2.09. The highest BCUT2D eigenvalue weighted by molar-refractivity contribution is 9.10. The molecule has 0 fully saturated rings. The van der Waals surface area contributed by atoms with Gasteiger partial charge >= 0.3 is 0 Å². The van der Waals surface area contributed by atoms with Crippen LogP contribution in [0.5, 0.6) is 0 Å². The average Bonchev–Trinajstić information content (AvgIpc) is 2.39. The third kappa shape index (κ3) is 3.17. The maximum absolute atomic E-state index is 5.59. The summed E-state index contributed by atoms with van der Waals surface area (Å²) < 4.78 is 1.10. The Bertz CT molecular complexity index is 566. The molecule has 0 unspecified atom stereocenters. The Morgan fingerprint density at radius 1 is 1.11 bits per heavy atom. The van der Waals surface area contributed by atoms with E-state index in [1.165, 1.54) is 16.8 Å². The lowest BCUT2D eigenvalue weighted by atomic mass is 10.1. The third-order valence-corrected chi connectivity index (χ3v) is 3.92. The van der Waals surface area contributed by atoms with Crippen LogP contribution in [-0.4, -0.2) is 13.6 Å². The van der Waals surface area contributed by atoms with Gasteiger partial charge in [0, 0.05) is 17.2 Å². The van der Waals surface area contributed by atoms with Crippen LogP contribution in [0.2, 0.25) is 0 Å². The highest BCUT2D eigenvalue weighted by Gasteiger charge is 2.10. The van der Waals surface area contributed by atoms with Crippen molar-refractivity contribution >= 4 is 27.3 Å². The van der Waals surface area contributed by atoms with Crippen LogP contribution >= 0.6 is 15.9 Å². The molecule has 0 amide bonds. The molecule has 0 aliphatic carbocycles. The molecular formula is C16H19BrN2. The molecule has 0 aliphatic rings. The summed E-state index contributed by atoms with van der Waals surface area (Å²) in [6.45, 7) is 2.81. The standard InChI is InChI=1S/C16H19BrN2/c1-12-5-3-4-6-15(12)19(2)16-8-7-13(9-10-18)11-14(16)17/h3-8,11H,9-10,18H2,1-2H3. The zero-order valence-electron chi connectivity index (χ0n) is 11.4. The summed E-state index contributed by atoms with van der Waals surface area (Å²) in [6, 6.07) is 14.8. The van der Waals surface area contributed by atoms with E-state index in [1.807, 2.05) is 0 Å². The maximum atomic E-state index is 5.59. The van der Waals surface area contributed by atoms with Gasteiger partial charge in [0.25, 0.3) is 0 Å². The first-order chi connectivity index (χ1) is 9.13. The highest BCUT2D eigenvalue weighted by Crippen LogP contribution is 2.33. The molecule has 2 aromatic rings. The molecule has 0 atom stereocenters. The molecule has 0 radical (unpaired) electrons. The van der Waals surface area contributed by atoms with Gasteiger partial charge in [-0.1, -0.05) is 24.3 Å². The molecule has 2 rings (SSSR count). The minimum Gasteiger partial charge on any atom is -0.343 e. The molecular weight excluding hydrogens is 300 g/mol. The SMILES string of the molecule is Cc1ccccc1N(C)c1ccc(CCN)cc1Br. The molecule has 0 saturated carbocycles. The van der Waals surface area contributed by atoms with E-state index in [-0.39, 0.29) is 0 Å². The van der Waals surface area contributed by atoms with Crippen LogP contribution in [0.15, 0.2) is 46.9 Å². The molecule has 0 saturated heterocycles. The molecule has 0 spiro atoms. The Labute approximate surface area is 123 Å². The fraction of sp³-hybridized carbons (Fsp3) is 0.250. The number of nitrogens with zero attached hydrogens (tertiary/aromatic N) is 1. The summed E-state index contributed by atoms with van der Waals surface area (Å²) in [6.07, 6.45) is 0.910. The van der Waals surface area contributed by atoms with Crippen LogP contribution in [0, 0.1) is 6.92 Å². The molecule has 2 nitrogen and oxygen atoms in total. The molecule has 3 heteroatoms. The van der Waals surface area contributed by atoms with Crippen LogP contribution in [0.4, 0.5) is 11.4 Å². The first kappa shape index (κ1) is 14.1. The number of benzene rings is 2. The van der Waals surface area contributed by atoms with Gasteiger partial charge in [-0.3, -0.25) is 0 Å². The van der Waals surface area contributed by atoms with Gasteiger partial charge in [-0.2, -0.15) is 0 Å². The van der Waals surface area contributed by atoms with Gasteiger partial charge in [0.1, 0.15) is 0 Å². The van der Waals surface area contributed by atoms with Crippen molar-refractivity contribution in [1.29, 1.82) is 0 Å². The van der Waals surface area contributed by atoms with Crippen molar-refractivity contribution in [1.82, 2.24) is 0 Å².